The van der Waals surface area contributed by atoms with Gasteiger partial charge in [0, 0.05) is 18.8 Å². The van der Waals surface area contributed by atoms with Crippen molar-refractivity contribution in [1.29, 1.82) is 0 Å². The molecule has 0 radical (unpaired) electrons. The molecule has 2 fully saturated rings. The summed E-state index contributed by atoms with van der Waals surface area (Å²) in [7, 11) is 0. The molecule has 2 amide bonds. The first-order valence-corrected chi connectivity index (χ1v) is 9.11. The highest BCUT2D eigenvalue weighted by atomic mass is 35.5. The third-order valence-electron chi connectivity index (χ3n) is 4.70. The van der Waals surface area contributed by atoms with Crippen LogP contribution in [0.25, 0.3) is 0 Å². The number of anilines is 1. The lowest BCUT2D eigenvalue weighted by atomic mass is 10.1. The van der Waals surface area contributed by atoms with E-state index < -0.39 is 24.1 Å². The molecule has 2 heterocycles. The molecule has 7 nitrogen and oxygen atoms in total. The summed E-state index contributed by atoms with van der Waals surface area (Å²) in [6.07, 6.45) is 2.03. The van der Waals surface area contributed by atoms with Gasteiger partial charge in [-0.1, -0.05) is 11.6 Å². The number of hydrogen-bond acceptors (Lipinski definition) is 4. The molecule has 8 heteroatoms. The van der Waals surface area contributed by atoms with E-state index >= 15 is 0 Å². The molecule has 1 aromatic carbocycles. The first-order valence-electron chi connectivity index (χ1n) is 8.73. The predicted octanol–water partition coefficient (Wildman–Crippen LogP) is 2.54. The van der Waals surface area contributed by atoms with E-state index in [1.54, 1.807) is 17.0 Å². The summed E-state index contributed by atoms with van der Waals surface area (Å²) in [6, 6.07) is 4.75. The van der Waals surface area contributed by atoms with Crippen molar-refractivity contribution in [3.05, 3.63) is 28.8 Å². The number of piperidine rings is 1. The van der Waals surface area contributed by atoms with Crippen LogP contribution in [0.1, 0.15) is 42.5 Å². The maximum absolute atomic E-state index is 12.5. The third kappa shape index (κ3) is 4.16. The van der Waals surface area contributed by atoms with Crippen molar-refractivity contribution in [1.82, 2.24) is 4.90 Å². The Morgan fingerprint density at radius 2 is 1.81 bits per heavy atom. The van der Waals surface area contributed by atoms with Gasteiger partial charge in [-0.2, -0.15) is 0 Å². The number of nitrogens with one attached hydrogen (secondary N) is 1. The van der Waals surface area contributed by atoms with E-state index in [9.17, 15) is 14.4 Å². The molecule has 2 atom stereocenters. The Morgan fingerprint density at radius 1 is 1.12 bits per heavy atom. The van der Waals surface area contributed by atoms with Crippen molar-refractivity contribution >= 4 is 35.1 Å². The van der Waals surface area contributed by atoms with Gasteiger partial charge in [0.25, 0.3) is 11.8 Å². The lowest BCUT2D eigenvalue weighted by Crippen LogP contribution is -2.35. The normalized spacial score (nSPS) is 22.9. The second kappa shape index (κ2) is 8.05. The van der Waals surface area contributed by atoms with Gasteiger partial charge in [0.15, 0.2) is 6.10 Å². The van der Waals surface area contributed by atoms with Gasteiger partial charge in [0.2, 0.25) is 0 Å². The number of amides is 2. The van der Waals surface area contributed by atoms with Gasteiger partial charge in [-0.15, -0.1) is 0 Å². The molecule has 140 valence electrons. The maximum atomic E-state index is 12.5. The van der Waals surface area contributed by atoms with E-state index in [4.69, 9.17) is 21.4 Å². The number of benzene rings is 1. The Balaban J connectivity index is 1.63. The molecule has 0 saturated carbocycles. The van der Waals surface area contributed by atoms with Crippen molar-refractivity contribution in [3.63, 3.8) is 0 Å². The number of carboxylic acid groups (broad SMARTS) is 1. The summed E-state index contributed by atoms with van der Waals surface area (Å²) in [5.41, 5.74) is 0.854. The number of halogens is 1. The smallest absolute Gasteiger partial charge is 0.332 e. The summed E-state index contributed by atoms with van der Waals surface area (Å²) >= 11 is 6.24. The Hall–Kier alpha value is -2.12. The molecular formula is C18H21ClN2O5. The number of carbonyl (C=O) groups excluding carboxylic acids is 2. The monoisotopic (exact) mass is 380 g/mol. The fraction of sp³-hybridized carbons (Fsp3) is 0.500. The summed E-state index contributed by atoms with van der Waals surface area (Å²) in [5, 5.41) is 11.9. The lowest BCUT2D eigenvalue weighted by Gasteiger charge is -2.27. The van der Waals surface area contributed by atoms with E-state index in [1.165, 1.54) is 6.07 Å². The van der Waals surface area contributed by atoms with Crippen LogP contribution < -0.4 is 5.32 Å². The highest BCUT2D eigenvalue weighted by Crippen LogP contribution is 2.25. The van der Waals surface area contributed by atoms with E-state index in [0.717, 1.165) is 32.4 Å². The number of nitrogens with zero attached hydrogens (tertiary/aromatic N) is 1. The first kappa shape index (κ1) is 18.7. The maximum Gasteiger partial charge on any atom is 0.332 e. The van der Waals surface area contributed by atoms with Crippen molar-refractivity contribution in [2.75, 3.05) is 18.4 Å². The van der Waals surface area contributed by atoms with Crippen LogP contribution in [-0.2, 0) is 14.3 Å². The number of hydrogen-bond donors (Lipinski definition) is 2. The number of ether oxygens (including phenoxy) is 1. The molecule has 26 heavy (non-hydrogen) atoms. The van der Waals surface area contributed by atoms with E-state index in [0.29, 0.717) is 24.1 Å². The molecule has 0 unspecified atom stereocenters. The molecule has 2 aliphatic heterocycles. The summed E-state index contributed by atoms with van der Waals surface area (Å²) in [6.45, 7) is 1.47. The number of aliphatic carboxylic acids is 1. The topological polar surface area (TPSA) is 95.9 Å². The highest BCUT2D eigenvalue weighted by molar-refractivity contribution is 6.34. The molecule has 2 aliphatic rings. The average Bonchev–Trinajstić information content (AvgIpc) is 3.13. The number of carboxylic acids is 1. The number of rotatable bonds is 4. The van der Waals surface area contributed by atoms with E-state index in [2.05, 4.69) is 5.32 Å². The Labute approximate surface area is 156 Å². The minimum atomic E-state index is -1.07. The standard InChI is InChI=1S/C18H21ClN2O5/c19-13-10-11(20-16(22)14-6-7-15(26-14)18(24)25)4-5-12(13)17(23)21-8-2-1-3-9-21/h4-5,10,14-15H,1-3,6-9H2,(H,20,22)(H,24,25)/t14-,15+/m0/s1. The van der Waals surface area contributed by atoms with Crippen LogP contribution in [0, 0.1) is 0 Å². The molecular weight excluding hydrogens is 360 g/mol. The molecule has 0 spiro atoms. The van der Waals surface area contributed by atoms with Gasteiger partial charge in [0.05, 0.1) is 10.6 Å². The fourth-order valence-electron chi connectivity index (χ4n) is 3.27. The van der Waals surface area contributed by atoms with Crippen molar-refractivity contribution in [3.8, 4) is 0 Å². The summed E-state index contributed by atoms with van der Waals surface area (Å²) < 4.78 is 5.22. The highest BCUT2D eigenvalue weighted by Gasteiger charge is 2.34. The second-order valence-corrected chi connectivity index (χ2v) is 6.97. The quantitative estimate of drug-likeness (QED) is 0.836. The van der Waals surface area contributed by atoms with Crippen LogP contribution in [-0.4, -0.2) is 53.1 Å². The largest absolute Gasteiger partial charge is 0.479 e. The number of likely N-dealkylation sites (tertiary alicyclic amines) is 1. The Morgan fingerprint density at radius 3 is 2.42 bits per heavy atom. The van der Waals surface area contributed by atoms with Gasteiger partial charge in [-0.3, -0.25) is 9.59 Å². The van der Waals surface area contributed by atoms with Crippen molar-refractivity contribution < 1.29 is 24.2 Å². The van der Waals surface area contributed by atoms with Gasteiger partial charge < -0.3 is 20.1 Å². The van der Waals surface area contributed by atoms with Gasteiger partial charge in [0.1, 0.15) is 6.10 Å². The SMILES string of the molecule is O=C(Nc1ccc(C(=O)N2CCCCC2)c(Cl)c1)[C@@H]1CC[C@H](C(=O)O)O1. The van der Waals surface area contributed by atoms with Gasteiger partial charge in [-0.25, -0.2) is 4.79 Å². The molecule has 0 bridgehead atoms. The van der Waals surface area contributed by atoms with Crippen LogP contribution in [0.5, 0.6) is 0 Å². The van der Waals surface area contributed by atoms with Crippen molar-refractivity contribution in [2.45, 2.75) is 44.3 Å². The zero-order valence-electron chi connectivity index (χ0n) is 14.2. The Kier molecular flexibility index (Phi) is 5.78. The fourth-order valence-corrected chi connectivity index (χ4v) is 3.53. The van der Waals surface area contributed by atoms with Crippen LogP contribution in [0.4, 0.5) is 5.69 Å². The minimum absolute atomic E-state index is 0.101. The van der Waals surface area contributed by atoms with Crippen LogP contribution >= 0.6 is 11.6 Å². The minimum Gasteiger partial charge on any atom is -0.479 e. The van der Waals surface area contributed by atoms with Crippen LogP contribution in [0.2, 0.25) is 5.02 Å². The van der Waals surface area contributed by atoms with E-state index in [1.807, 2.05) is 0 Å². The number of carbonyl (C=O) groups is 3. The zero-order valence-corrected chi connectivity index (χ0v) is 15.0. The van der Waals surface area contributed by atoms with Crippen LogP contribution in [0.15, 0.2) is 18.2 Å². The van der Waals surface area contributed by atoms with Gasteiger partial charge in [-0.05, 0) is 50.3 Å². The predicted molar refractivity (Wildman–Crippen MR) is 95.4 cm³/mol. The molecule has 1 aromatic rings. The molecule has 0 aromatic heterocycles. The molecule has 3 rings (SSSR count). The van der Waals surface area contributed by atoms with Crippen LogP contribution in [0.3, 0.4) is 0 Å². The summed E-state index contributed by atoms with van der Waals surface area (Å²) in [4.78, 5) is 37.4. The van der Waals surface area contributed by atoms with Gasteiger partial charge >= 0.3 is 5.97 Å². The zero-order chi connectivity index (χ0) is 18.7. The Bertz CT molecular complexity index is 718. The third-order valence-corrected chi connectivity index (χ3v) is 5.01. The first-order chi connectivity index (χ1) is 12.5. The van der Waals surface area contributed by atoms with E-state index in [-0.39, 0.29) is 10.9 Å². The lowest BCUT2D eigenvalue weighted by molar-refractivity contribution is -0.150. The second-order valence-electron chi connectivity index (χ2n) is 6.57. The molecule has 2 N–H and O–H groups in total. The molecule has 0 aliphatic carbocycles. The average molecular weight is 381 g/mol. The molecule has 2 saturated heterocycles. The summed E-state index contributed by atoms with van der Waals surface area (Å²) in [5.74, 6) is -1.58. The van der Waals surface area contributed by atoms with Crippen molar-refractivity contribution in [2.24, 2.45) is 0 Å².